The molecule has 1 heterocycles. The van der Waals surface area contributed by atoms with E-state index in [1.165, 1.54) is 4.68 Å². The Bertz CT molecular complexity index is 901. The van der Waals surface area contributed by atoms with Crippen molar-refractivity contribution >= 4 is 35.1 Å². The highest BCUT2D eigenvalue weighted by Gasteiger charge is 2.54. The van der Waals surface area contributed by atoms with Gasteiger partial charge < -0.3 is 9.47 Å². The summed E-state index contributed by atoms with van der Waals surface area (Å²) in [6.45, 7) is 5.19. The fourth-order valence-corrected chi connectivity index (χ4v) is 3.21. The number of hydrogen-bond donors (Lipinski definition) is 0. The van der Waals surface area contributed by atoms with E-state index in [0.29, 0.717) is 34.3 Å². The van der Waals surface area contributed by atoms with Gasteiger partial charge in [-0.25, -0.2) is 4.68 Å². The molecule has 3 rings (SSSR count). The third-order valence-electron chi connectivity index (χ3n) is 4.46. The molecule has 1 aromatic carbocycles. The predicted octanol–water partition coefficient (Wildman–Crippen LogP) is 4.13. The van der Waals surface area contributed by atoms with Gasteiger partial charge in [-0.15, -0.1) is 5.10 Å². The number of aromatic nitrogens is 3. The van der Waals surface area contributed by atoms with Gasteiger partial charge in [0.15, 0.2) is 5.41 Å². The van der Waals surface area contributed by atoms with E-state index in [1.54, 1.807) is 45.2 Å². The first-order chi connectivity index (χ1) is 13.1. The van der Waals surface area contributed by atoms with Crippen molar-refractivity contribution in [3.8, 4) is 5.69 Å². The van der Waals surface area contributed by atoms with Crippen LogP contribution in [0.25, 0.3) is 5.69 Å². The Morgan fingerprint density at radius 2 is 1.93 bits per heavy atom. The summed E-state index contributed by atoms with van der Waals surface area (Å²) in [5, 5.41) is 8.71. The van der Waals surface area contributed by atoms with Gasteiger partial charge in [-0.3, -0.25) is 9.59 Å². The summed E-state index contributed by atoms with van der Waals surface area (Å²) in [4.78, 5) is 25.1. The molecule has 1 aliphatic carbocycles. The zero-order chi connectivity index (χ0) is 20.5. The summed E-state index contributed by atoms with van der Waals surface area (Å²) in [7, 11) is 0. The van der Waals surface area contributed by atoms with E-state index in [4.69, 9.17) is 32.7 Å². The molecule has 1 saturated carbocycles. The number of hydrogen-bond acceptors (Lipinski definition) is 6. The topological polar surface area (TPSA) is 83.3 Å². The van der Waals surface area contributed by atoms with Crippen molar-refractivity contribution < 1.29 is 19.1 Å². The number of esters is 2. The number of carbonyl (C=O) groups is 2. The molecule has 0 saturated heterocycles. The van der Waals surface area contributed by atoms with Crippen molar-refractivity contribution in [1.82, 2.24) is 15.0 Å². The highest BCUT2D eigenvalue weighted by atomic mass is 35.5. The molecule has 9 heteroatoms. The minimum atomic E-state index is -1.22. The highest BCUT2D eigenvalue weighted by Crippen LogP contribution is 2.44. The summed E-state index contributed by atoms with van der Waals surface area (Å²) in [6, 6.07) is 5.15. The van der Waals surface area contributed by atoms with E-state index in [1.807, 2.05) is 0 Å². The Hall–Kier alpha value is -2.12. The van der Waals surface area contributed by atoms with Crippen molar-refractivity contribution in [3.63, 3.8) is 0 Å². The van der Waals surface area contributed by atoms with Gasteiger partial charge in [0.25, 0.3) is 0 Å². The molecule has 0 N–H and O–H groups in total. The number of rotatable bonds is 5. The van der Waals surface area contributed by atoms with Crippen molar-refractivity contribution in [2.24, 2.45) is 5.41 Å². The molecular formula is C19H21Cl2N3O4. The van der Waals surface area contributed by atoms with E-state index < -0.39 is 23.0 Å². The first-order valence-electron chi connectivity index (χ1n) is 8.89. The molecule has 0 amide bonds. The lowest BCUT2D eigenvalue weighted by Crippen LogP contribution is -2.49. The Morgan fingerprint density at radius 1 is 1.21 bits per heavy atom. The SMILES string of the molecule is CC(C)(C)OC(=O)C1(C(=O)OCc2cn(-c3cccc(Cl)c3Cl)nn2)CCC1. The van der Waals surface area contributed by atoms with E-state index >= 15 is 0 Å². The molecule has 0 atom stereocenters. The zero-order valence-electron chi connectivity index (χ0n) is 15.9. The smallest absolute Gasteiger partial charge is 0.324 e. The van der Waals surface area contributed by atoms with Gasteiger partial charge in [-0.05, 0) is 52.2 Å². The second kappa shape index (κ2) is 7.72. The Morgan fingerprint density at radius 3 is 2.54 bits per heavy atom. The van der Waals surface area contributed by atoms with Crippen LogP contribution in [0.15, 0.2) is 24.4 Å². The van der Waals surface area contributed by atoms with Gasteiger partial charge in [-0.1, -0.05) is 34.5 Å². The monoisotopic (exact) mass is 425 g/mol. The van der Waals surface area contributed by atoms with E-state index in [0.717, 1.165) is 6.42 Å². The maximum Gasteiger partial charge on any atom is 0.324 e. The van der Waals surface area contributed by atoms with Crippen LogP contribution in [0.1, 0.15) is 45.7 Å². The van der Waals surface area contributed by atoms with Crippen LogP contribution in [-0.4, -0.2) is 32.5 Å². The Kier molecular flexibility index (Phi) is 5.68. The number of carbonyl (C=O) groups excluding carboxylic acids is 2. The molecule has 28 heavy (non-hydrogen) atoms. The molecule has 150 valence electrons. The van der Waals surface area contributed by atoms with Crippen LogP contribution in [-0.2, 0) is 25.7 Å². The molecule has 7 nitrogen and oxygen atoms in total. The third kappa shape index (κ3) is 4.15. The molecule has 0 aliphatic heterocycles. The lowest BCUT2D eigenvalue weighted by atomic mass is 9.68. The quantitative estimate of drug-likeness (QED) is 0.528. The van der Waals surface area contributed by atoms with Crippen molar-refractivity contribution in [3.05, 3.63) is 40.1 Å². The summed E-state index contributed by atoms with van der Waals surface area (Å²) in [6.07, 6.45) is 3.21. The van der Waals surface area contributed by atoms with E-state index in [-0.39, 0.29) is 6.61 Å². The lowest BCUT2D eigenvalue weighted by Gasteiger charge is -2.38. The average molecular weight is 426 g/mol. The van der Waals surface area contributed by atoms with Crippen molar-refractivity contribution in [2.75, 3.05) is 0 Å². The van der Waals surface area contributed by atoms with Crippen LogP contribution in [0.5, 0.6) is 0 Å². The van der Waals surface area contributed by atoms with Gasteiger partial charge in [-0.2, -0.15) is 0 Å². The van der Waals surface area contributed by atoms with Gasteiger partial charge in [0.1, 0.15) is 17.9 Å². The second-order valence-electron chi connectivity index (χ2n) is 7.74. The fraction of sp³-hybridized carbons (Fsp3) is 0.474. The van der Waals surface area contributed by atoms with Gasteiger partial charge in [0.2, 0.25) is 0 Å². The normalized spacial score (nSPS) is 15.6. The number of ether oxygens (including phenoxy) is 2. The first-order valence-corrected chi connectivity index (χ1v) is 9.64. The third-order valence-corrected chi connectivity index (χ3v) is 5.27. The average Bonchev–Trinajstić information content (AvgIpc) is 3.01. The lowest BCUT2D eigenvalue weighted by molar-refractivity contribution is -0.187. The van der Waals surface area contributed by atoms with Gasteiger partial charge in [0.05, 0.1) is 21.9 Å². The van der Waals surface area contributed by atoms with Crippen molar-refractivity contribution in [2.45, 2.75) is 52.2 Å². The van der Waals surface area contributed by atoms with Crippen LogP contribution < -0.4 is 0 Å². The molecular weight excluding hydrogens is 405 g/mol. The summed E-state index contributed by atoms with van der Waals surface area (Å²) in [5.41, 5.74) is -0.912. The number of halogens is 2. The molecule has 0 unspecified atom stereocenters. The number of nitrogens with zero attached hydrogens (tertiary/aromatic N) is 3. The summed E-state index contributed by atoms with van der Waals surface area (Å²) in [5.74, 6) is -1.13. The first kappa shape index (κ1) is 20.6. The molecule has 0 bridgehead atoms. The van der Waals surface area contributed by atoms with Crippen LogP contribution in [0.3, 0.4) is 0 Å². The maximum absolute atomic E-state index is 12.6. The number of benzene rings is 1. The van der Waals surface area contributed by atoms with Crippen molar-refractivity contribution in [1.29, 1.82) is 0 Å². The molecule has 2 aromatic rings. The van der Waals surface area contributed by atoms with E-state index in [2.05, 4.69) is 10.3 Å². The molecule has 0 radical (unpaired) electrons. The maximum atomic E-state index is 12.6. The Labute approximate surface area is 172 Å². The largest absolute Gasteiger partial charge is 0.459 e. The molecule has 1 aromatic heterocycles. The van der Waals surface area contributed by atoms with Gasteiger partial charge in [0, 0.05) is 0 Å². The standard InChI is InChI=1S/C19H21Cl2N3O4/c1-18(2,3)28-17(26)19(8-5-9-19)16(25)27-11-12-10-24(23-22-12)14-7-4-6-13(20)15(14)21/h4,6-7,10H,5,8-9,11H2,1-3H3. The fourth-order valence-electron chi connectivity index (χ4n) is 2.83. The minimum absolute atomic E-state index is 0.110. The van der Waals surface area contributed by atoms with Crippen LogP contribution in [0.2, 0.25) is 10.0 Å². The second-order valence-corrected chi connectivity index (χ2v) is 8.53. The van der Waals surface area contributed by atoms with Crippen LogP contribution in [0, 0.1) is 5.41 Å². The molecule has 0 spiro atoms. The molecule has 1 fully saturated rings. The highest BCUT2D eigenvalue weighted by molar-refractivity contribution is 6.43. The predicted molar refractivity (Wildman–Crippen MR) is 103 cm³/mol. The van der Waals surface area contributed by atoms with E-state index in [9.17, 15) is 9.59 Å². The van der Waals surface area contributed by atoms with Crippen LogP contribution in [0.4, 0.5) is 0 Å². The minimum Gasteiger partial charge on any atom is -0.459 e. The molecule has 1 aliphatic rings. The summed E-state index contributed by atoms with van der Waals surface area (Å²) >= 11 is 12.2. The summed E-state index contributed by atoms with van der Waals surface area (Å²) < 4.78 is 12.2. The zero-order valence-corrected chi connectivity index (χ0v) is 17.4. The Balaban J connectivity index is 1.67. The van der Waals surface area contributed by atoms with Gasteiger partial charge >= 0.3 is 11.9 Å². The van der Waals surface area contributed by atoms with Crippen LogP contribution >= 0.6 is 23.2 Å².